The molecule has 0 aliphatic carbocycles. The molecule has 0 saturated heterocycles. The Balaban J connectivity index is 2.55. The first-order valence-electron chi connectivity index (χ1n) is 14.5. The van der Waals surface area contributed by atoms with Gasteiger partial charge in [0.2, 0.25) is 11.9 Å². The Labute approximate surface area is 258 Å². The van der Waals surface area contributed by atoms with E-state index in [1.165, 1.54) is 7.11 Å². The Morgan fingerprint density at radius 1 is 0.977 bits per heavy atom. The Morgan fingerprint density at radius 2 is 1.59 bits per heavy atom. The van der Waals surface area contributed by atoms with Gasteiger partial charge < -0.3 is 34.4 Å². The zero-order valence-electron chi connectivity index (χ0n) is 27.0. The van der Waals surface area contributed by atoms with Crippen LogP contribution in [0.25, 0.3) is 0 Å². The summed E-state index contributed by atoms with van der Waals surface area (Å²) < 4.78 is 20.1. The van der Waals surface area contributed by atoms with Gasteiger partial charge in [0.15, 0.2) is 0 Å². The van der Waals surface area contributed by atoms with Gasteiger partial charge in [0, 0.05) is 19.5 Å². The van der Waals surface area contributed by atoms with Crippen LogP contribution >= 0.6 is 0 Å². The minimum Gasteiger partial charge on any atom is -0.467 e. The number of hydrogen-bond acceptors (Lipinski definition) is 12. The highest BCUT2D eigenvalue weighted by Gasteiger charge is 2.27. The van der Waals surface area contributed by atoms with Crippen LogP contribution in [0.4, 0.5) is 14.4 Å². The average Bonchev–Trinajstić information content (AvgIpc) is 3.33. The second-order valence-corrected chi connectivity index (χ2v) is 11.9. The van der Waals surface area contributed by atoms with Crippen LogP contribution in [0, 0.1) is 0 Å². The van der Waals surface area contributed by atoms with Gasteiger partial charge >= 0.3 is 24.2 Å². The molecule has 1 rings (SSSR count). The minimum absolute atomic E-state index is 0.0241. The summed E-state index contributed by atoms with van der Waals surface area (Å²) in [6, 6.07) is -1.12. The zero-order chi connectivity index (χ0) is 33.3. The summed E-state index contributed by atoms with van der Waals surface area (Å²) in [4.78, 5) is 70.4. The number of oxime groups is 1. The van der Waals surface area contributed by atoms with Crippen LogP contribution < -0.4 is 21.3 Å². The molecule has 1 unspecified atom stereocenters. The molecular weight excluding hydrogens is 580 g/mol. The fourth-order valence-electron chi connectivity index (χ4n) is 3.45. The van der Waals surface area contributed by atoms with Crippen molar-refractivity contribution < 1.29 is 47.8 Å². The van der Waals surface area contributed by atoms with Gasteiger partial charge in [-0.05, 0) is 60.8 Å². The van der Waals surface area contributed by atoms with Crippen LogP contribution in [0.5, 0.6) is 0 Å². The summed E-state index contributed by atoms with van der Waals surface area (Å²) in [5.41, 5.74) is -0.794. The molecule has 0 fully saturated rings. The summed E-state index contributed by atoms with van der Waals surface area (Å²) in [7, 11) is 1.17. The lowest BCUT2D eigenvalue weighted by atomic mass is 10.1. The van der Waals surface area contributed by atoms with E-state index in [0.717, 1.165) is 6.42 Å². The summed E-state index contributed by atoms with van der Waals surface area (Å²) >= 11 is 0. The molecule has 1 aliphatic heterocycles. The van der Waals surface area contributed by atoms with Crippen molar-refractivity contribution in [2.75, 3.05) is 26.8 Å². The van der Waals surface area contributed by atoms with E-state index in [1.54, 1.807) is 41.5 Å². The number of unbranched alkanes of at least 4 members (excludes halogenated alkanes) is 1. The Bertz CT molecular complexity index is 1020. The minimum atomic E-state index is -1.12. The number of nitrogens with one attached hydrogen (secondary N) is 4. The Morgan fingerprint density at radius 3 is 2.14 bits per heavy atom. The molecule has 0 aromatic heterocycles. The van der Waals surface area contributed by atoms with Crippen molar-refractivity contribution in [3.63, 3.8) is 0 Å². The van der Waals surface area contributed by atoms with Gasteiger partial charge in [-0.15, -0.1) is 0 Å². The Hall–Kier alpha value is -4.11. The molecule has 4 N–H and O–H groups in total. The van der Waals surface area contributed by atoms with E-state index in [0.29, 0.717) is 31.4 Å². The molecule has 0 saturated carbocycles. The lowest BCUT2D eigenvalue weighted by Gasteiger charge is -2.22. The van der Waals surface area contributed by atoms with E-state index >= 15 is 0 Å². The molecule has 0 aromatic rings. The molecule has 1 heterocycles. The van der Waals surface area contributed by atoms with E-state index in [1.807, 2.05) is 6.92 Å². The van der Waals surface area contributed by atoms with Gasteiger partial charge in [-0.1, -0.05) is 18.5 Å². The summed E-state index contributed by atoms with van der Waals surface area (Å²) in [5.74, 6) is -1.26. The van der Waals surface area contributed by atoms with Crippen molar-refractivity contribution in [3.8, 4) is 0 Å². The molecule has 2 atom stereocenters. The lowest BCUT2D eigenvalue weighted by Crippen LogP contribution is -2.49. The number of carbonyl (C=O) groups is 5. The SMILES string of the molecule is CCCCOC(=O)N[C@@H](CNC(=O)CC1CC(CCCN=C(NC(=O)OC(C)(C)C)NC(=O)OC(C)(C)C)=NO1)C(=O)OC. The van der Waals surface area contributed by atoms with Crippen LogP contribution in [-0.4, -0.2) is 92.0 Å². The molecule has 0 radical (unpaired) electrons. The van der Waals surface area contributed by atoms with Crippen molar-refractivity contribution in [1.29, 1.82) is 0 Å². The molecule has 4 amide bonds. The average molecular weight is 629 g/mol. The van der Waals surface area contributed by atoms with Crippen LogP contribution in [0.2, 0.25) is 0 Å². The van der Waals surface area contributed by atoms with Crippen molar-refractivity contribution in [1.82, 2.24) is 21.3 Å². The third kappa shape index (κ3) is 17.8. The number of rotatable bonds is 13. The first kappa shape index (κ1) is 37.9. The number of ether oxygens (including phenoxy) is 4. The number of carbonyl (C=O) groups excluding carboxylic acids is 5. The van der Waals surface area contributed by atoms with Gasteiger partial charge in [-0.3, -0.25) is 20.4 Å². The van der Waals surface area contributed by atoms with Crippen molar-refractivity contribution in [3.05, 3.63) is 0 Å². The monoisotopic (exact) mass is 628 g/mol. The third-order valence-electron chi connectivity index (χ3n) is 5.35. The van der Waals surface area contributed by atoms with Crippen LogP contribution in [0.1, 0.15) is 87.0 Å². The quantitative estimate of drug-likeness (QED) is 0.0772. The third-order valence-corrected chi connectivity index (χ3v) is 5.35. The van der Waals surface area contributed by atoms with Gasteiger partial charge in [-0.25, -0.2) is 19.2 Å². The second kappa shape index (κ2) is 18.5. The maximum atomic E-state index is 12.5. The number of alkyl carbamates (subject to hydrolysis) is 3. The van der Waals surface area contributed by atoms with E-state index < -0.39 is 53.5 Å². The highest BCUT2D eigenvalue weighted by molar-refractivity contribution is 6.01. The number of amides is 4. The van der Waals surface area contributed by atoms with Gasteiger partial charge in [0.05, 0.1) is 25.8 Å². The number of aliphatic imine (C=N–C) groups is 1. The summed E-state index contributed by atoms with van der Waals surface area (Å²) in [6.07, 6.45) is 0.0258. The fraction of sp³-hybridized carbons (Fsp3) is 0.750. The number of nitrogens with zero attached hydrogens (tertiary/aromatic N) is 2. The second-order valence-electron chi connectivity index (χ2n) is 11.9. The molecule has 0 aromatic carbocycles. The topological polar surface area (TPSA) is 204 Å². The molecule has 16 nitrogen and oxygen atoms in total. The molecule has 44 heavy (non-hydrogen) atoms. The number of esters is 1. The molecule has 1 aliphatic rings. The molecular formula is C28H48N6O10. The first-order valence-corrected chi connectivity index (χ1v) is 14.5. The number of guanidine groups is 1. The van der Waals surface area contributed by atoms with Gasteiger partial charge in [-0.2, -0.15) is 0 Å². The predicted molar refractivity (Wildman–Crippen MR) is 160 cm³/mol. The van der Waals surface area contributed by atoms with E-state index in [2.05, 4.69) is 36.2 Å². The molecule has 250 valence electrons. The standard InChI is InChI=1S/C28H48N6O10/c1-9-10-14-41-24(37)31-20(22(36)40-8)17-30-21(35)16-19-15-18(34-44-19)12-11-13-29-23(32-25(38)42-27(2,3)4)33-26(39)43-28(5,6)7/h19-20H,9-17H2,1-8H3,(H,30,35)(H,31,37)(H2,29,32,33,38,39)/t19?,20-/m0/s1. The van der Waals surface area contributed by atoms with Gasteiger partial charge in [0.25, 0.3) is 0 Å². The smallest absolute Gasteiger partial charge is 0.414 e. The maximum absolute atomic E-state index is 12.5. The maximum Gasteiger partial charge on any atom is 0.414 e. The predicted octanol–water partition coefficient (Wildman–Crippen LogP) is 2.89. The summed E-state index contributed by atoms with van der Waals surface area (Å²) in [5, 5.41) is 13.8. The summed E-state index contributed by atoms with van der Waals surface area (Å²) in [6.45, 7) is 12.4. The highest BCUT2D eigenvalue weighted by Crippen LogP contribution is 2.17. The van der Waals surface area contributed by atoms with Crippen LogP contribution in [-0.2, 0) is 33.4 Å². The molecule has 16 heteroatoms. The number of methoxy groups -OCH3 is 1. The van der Waals surface area contributed by atoms with Crippen molar-refractivity contribution in [2.45, 2.75) is 110 Å². The van der Waals surface area contributed by atoms with Gasteiger partial charge in [0.1, 0.15) is 23.3 Å². The van der Waals surface area contributed by atoms with E-state index in [-0.39, 0.29) is 32.1 Å². The molecule has 0 spiro atoms. The van der Waals surface area contributed by atoms with E-state index in [9.17, 15) is 24.0 Å². The number of hydrogen-bond donors (Lipinski definition) is 4. The largest absolute Gasteiger partial charge is 0.467 e. The Kier molecular flexibility index (Phi) is 16.0. The molecule has 0 bridgehead atoms. The van der Waals surface area contributed by atoms with Crippen molar-refractivity contribution in [2.24, 2.45) is 10.1 Å². The first-order chi connectivity index (χ1) is 20.5. The van der Waals surface area contributed by atoms with E-state index in [4.69, 9.17) is 19.0 Å². The fourth-order valence-corrected chi connectivity index (χ4v) is 3.45. The van der Waals surface area contributed by atoms with Crippen LogP contribution in [0.3, 0.4) is 0 Å². The van der Waals surface area contributed by atoms with Crippen LogP contribution in [0.15, 0.2) is 10.1 Å². The van der Waals surface area contributed by atoms with Crippen molar-refractivity contribution >= 4 is 41.8 Å². The highest BCUT2D eigenvalue weighted by atomic mass is 16.6. The zero-order valence-corrected chi connectivity index (χ0v) is 27.0. The lowest BCUT2D eigenvalue weighted by molar-refractivity contribution is -0.143. The normalized spacial score (nSPS) is 15.0.